The van der Waals surface area contributed by atoms with Crippen molar-refractivity contribution in [3.05, 3.63) is 47.6 Å². The average molecular weight is 234 g/mol. The summed E-state index contributed by atoms with van der Waals surface area (Å²) in [6, 6.07) is 9.86. The molecule has 0 N–H and O–H groups in total. The maximum atomic E-state index is 5.63. The van der Waals surface area contributed by atoms with E-state index in [1.807, 2.05) is 37.3 Å². The lowest BCUT2D eigenvalue weighted by Gasteiger charge is -2.08. The fourth-order valence-electron chi connectivity index (χ4n) is 1.56. The first-order valence-corrected chi connectivity index (χ1v) is 5.49. The van der Waals surface area contributed by atoms with Crippen LogP contribution in [-0.2, 0) is 0 Å². The van der Waals surface area contributed by atoms with Crippen LogP contribution < -0.4 is 4.74 Å². The highest BCUT2D eigenvalue weighted by Gasteiger charge is 2.03. The molecule has 0 radical (unpaired) electrons. The minimum absolute atomic E-state index is 0.469. The van der Waals surface area contributed by atoms with Gasteiger partial charge in [0, 0.05) is 22.7 Å². The Hall–Kier alpha value is -1.54. The van der Waals surface area contributed by atoms with Gasteiger partial charge in [-0.25, -0.2) is 0 Å². The minimum Gasteiger partial charge on any atom is -0.489 e. The molecule has 0 spiro atoms. The Bertz CT molecular complexity index is 522. The van der Waals surface area contributed by atoms with Crippen LogP contribution in [0.2, 0.25) is 0 Å². The van der Waals surface area contributed by atoms with Gasteiger partial charge in [-0.2, -0.15) is 0 Å². The topological polar surface area (TPSA) is 22.1 Å². The number of pyridine rings is 1. The van der Waals surface area contributed by atoms with Crippen LogP contribution in [0.15, 0.2) is 41.9 Å². The zero-order valence-corrected chi connectivity index (χ0v) is 9.74. The Balaban J connectivity index is 2.42. The highest BCUT2D eigenvalue weighted by Crippen LogP contribution is 2.24. The van der Waals surface area contributed by atoms with Crippen molar-refractivity contribution in [1.29, 1.82) is 0 Å². The third-order valence-corrected chi connectivity index (χ3v) is 2.41. The number of para-hydroxylation sites is 1. The summed E-state index contributed by atoms with van der Waals surface area (Å²) in [6.07, 6.45) is 1.76. The Kier molecular flexibility index (Phi) is 3.42. The molecule has 0 unspecified atom stereocenters. The summed E-state index contributed by atoms with van der Waals surface area (Å²) >= 11 is 5.44. The van der Waals surface area contributed by atoms with Gasteiger partial charge in [-0.3, -0.25) is 4.98 Å². The van der Waals surface area contributed by atoms with Crippen LogP contribution in [0.25, 0.3) is 10.9 Å². The number of hydrogen-bond donors (Lipinski definition) is 0. The van der Waals surface area contributed by atoms with Gasteiger partial charge >= 0.3 is 0 Å². The lowest BCUT2D eigenvalue weighted by atomic mass is 10.2. The standard InChI is InChI=1S/C13H12ClNO/c1-10-9-13(16-8-4-7-14)11-5-2-3-6-12(11)15-10/h2-7,9H,8H2,1H3. The molecular formula is C13H12ClNO. The van der Waals surface area contributed by atoms with Gasteiger partial charge < -0.3 is 4.74 Å². The van der Waals surface area contributed by atoms with Gasteiger partial charge in [-0.15, -0.1) is 0 Å². The molecule has 16 heavy (non-hydrogen) atoms. The SMILES string of the molecule is Cc1cc(OCC=CCl)c2ccccc2n1. The van der Waals surface area contributed by atoms with Crippen molar-refractivity contribution in [3.63, 3.8) is 0 Å². The van der Waals surface area contributed by atoms with Gasteiger partial charge in [-0.05, 0) is 25.1 Å². The summed E-state index contributed by atoms with van der Waals surface area (Å²) in [4.78, 5) is 4.44. The third kappa shape index (κ3) is 2.34. The van der Waals surface area contributed by atoms with Crippen molar-refractivity contribution in [2.24, 2.45) is 0 Å². The van der Waals surface area contributed by atoms with E-state index in [1.54, 1.807) is 6.08 Å². The Morgan fingerprint density at radius 3 is 3.00 bits per heavy atom. The first kappa shape index (κ1) is 11.0. The summed E-state index contributed by atoms with van der Waals surface area (Å²) in [7, 11) is 0. The highest BCUT2D eigenvalue weighted by molar-refractivity contribution is 6.25. The summed E-state index contributed by atoms with van der Waals surface area (Å²) in [5.41, 5.74) is 3.35. The number of fused-ring (bicyclic) bond motifs is 1. The largest absolute Gasteiger partial charge is 0.489 e. The average Bonchev–Trinajstić information content (AvgIpc) is 2.29. The summed E-state index contributed by atoms with van der Waals surface area (Å²) < 4.78 is 5.63. The van der Waals surface area contributed by atoms with Crippen LogP contribution in [0.1, 0.15) is 5.69 Å². The van der Waals surface area contributed by atoms with E-state index < -0.39 is 0 Å². The Labute approximate surface area is 99.5 Å². The van der Waals surface area contributed by atoms with Crippen molar-refractivity contribution >= 4 is 22.5 Å². The van der Waals surface area contributed by atoms with E-state index in [9.17, 15) is 0 Å². The molecule has 0 aliphatic rings. The van der Waals surface area contributed by atoms with Crippen molar-refractivity contribution in [1.82, 2.24) is 4.98 Å². The van der Waals surface area contributed by atoms with E-state index in [-0.39, 0.29) is 0 Å². The second kappa shape index (κ2) is 4.99. The maximum absolute atomic E-state index is 5.63. The van der Waals surface area contributed by atoms with Crippen molar-refractivity contribution in [3.8, 4) is 5.75 Å². The predicted octanol–water partition coefficient (Wildman–Crippen LogP) is 3.67. The molecule has 0 saturated carbocycles. The number of halogens is 1. The van der Waals surface area contributed by atoms with Crippen LogP contribution in [-0.4, -0.2) is 11.6 Å². The molecular weight excluding hydrogens is 222 g/mol. The summed E-state index contributed by atoms with van der Waals surface area (Å²) in [6.45, 7) is 2.42. The third-order valence-electron chi connectivity index (χ3n) is 2.23. The number of nitrogens with zero attached hydrogens (tertiary/aromatic N) is 1. The molecule has 3 heteroatoms. The van der Waals surface area contributed by atoms with Crippen molar-refractivity contribution in [2.75, 3.05) is 6.61 Å². The fourth-order valence-corrected chi connectivity index (χ4v) is 1.64. The summed E-state index contributed by atoms with van der Waals surface area (Å²) in [5.74, 6) is 0.845. The van der Waals surface area contributed by atoms with Gasteiger partial charge in [0.15, 0.2) is 0 Å². The predicted molar refractivity (Wildman–Crippen MR) is 67.0 cm³/mol. The number of rotatable bonds is 3. The van der Waals surface area contributed by atoms with Crippen molar-refractivity contribution < 1.29 is 4.74 Å². The van der Waals surface area contributed by atoms with Gasteiger partial charge in [0.2, 0.25) is 0 Å². The van der Waals surface area contributed by atoms with Gasteiger partial charge in [0.05, 0.1) is 5.52 Å². The molecule has 1 aromatic carbocycles. The molecule has 1 aromatic heterocycles. The Morgan fingerprint density at radius 2 is 2.19 bits per heavy atom. The van der Waals surface area contributed by atoms with Crippen molar-refractivity contribution in [2.45, 2.75) is 6.92 Å². The molecule has 0 saturated heterocycles. The first-order chi connectivity index (χ1) is 7.81. The molecule has 0 fully saturated rings. The summed E-state index contributed by atoms with van der Waals surface area (Å²) in [5, 5.41) is 1.02. The lowest BCUT2D eigenvalue weighted by molar-refractivity contribution is 0.367. The molecule has 0 bridgehead atoms. The molecule has 2 rings (SSSR count). The van der Waals surface area contributed by atoms with E-state index in [2.05, 4.69) is 4.98 Å². The molecule has 0 amide bonds. The zero-order chi connectivity index (χ0) is 11.4. The number of hydrogen-bond acceptors (Lipinski definition) is 2. The smallest absolute Gasteiger partial charge is 0.130 e. The quantitative estimate of drug-likeness (QED) is 0.807. The molecule has 1 heterocycles. The fraction of sp³-hybridized carbons (Fsp3) is 0.154. The maximum Gasteiger partial charge on any atom is 0.130 e. The van der Waals surface area contributed by atoms with Crippen LogP contribution in [0.3, 0.4) is 0 Å². The monoisotopic (exact) mass is 233 g/mol. The van der Waals surface area contributed by atoms with E-state index in [4.69, 9.17) is 16.3 Å². The lowest BCUT2D eigenvalue weighted by Crippen LogP contribution is -1.96. The van der Waals surface area contributed by atoms with E-state index >= 15 is 0 Å². The van der Waals surface area contributed by atoms with E-state index in [0.717, 1.165) is 22.3 Å². The first-order valence-electron chi connectivity index (χ1n) is 5.05. The van der Waals surface area contributed by atoms with E-state index in [0.29, 0.717) is 6.61 Å². The second-order valence-electron chi connectivity index (χ2n) is 3.45. The van der Waals surface area contributed by atoms with Gasteiger partial charge in [-0.1, -0.05) is 23.7 Å². The molecule has 82 valence electrons. The molecule has 0 atom stereocenters. The van der Waals surface area contributed by atoms with Crippen LogP contribution in [0.4, 0.5) is 0 Å². The number of aromatic nitrogens is 1. The molecule has 0 aliphatic carbocycles. The van der Waals surface area contributed by atoms with Crippen LogP contribution in [0, 0.1) is 6.92 Å². The highest BCUT2D eigenvalue weighted by atomic mass is 35.5. The number of ether oxygens (including phenoxy) is 1. The molecule has 2 aromatic rings. The number of benzene rings is 1. The molecule has 2 nitrogen and oxygen atoms in total. The van der Waals surface area contributed by atoms with Gasteiger partial charge in [0.1, 0.15) is 12.4 Å². The van der Waals surface area contributed by atoms with E-state index in [1.165, 1.54) is 5.54 Å². The minimum atomic E-state index is 0.469. The van der Waals surface area contributed by atoms with Crippen LogP contribution >= 0.6 is 11.6 Å². The zero-order valence-electron chi connectivity index (χ0n) is 8.98. The number of aryl methyl sites for hydroxylation is 1. The normalized spacial score (nSPS) is 11.1. The Morgan fingerprint density at radius 1 is 1.38 bits per heavy atom. The molecule has 0 aliphatic heterocycles. The van der Waals surface area contributed by atoms with Crippen LogP contribution in [0.5, 0.6) is 5.75 Å². The van der Waals surface area contributed by atoms with Gasteiger partial charge in [0.25, 0.3) is 0 Å². The second-order valence-corrected chi connectivity index (χ2v) is 3.70.